The average Bonchev–Trinajstić information content (AvgIpc) is 2.96. The second kappa shape index (κ2) is 6.29. The second-order valence-electron chi connectivity index (χ2n) is 4.74. The van der Waals surface area contributed by atoms with Crippen molar-refractivity contribution in [3.63, 3.8) is 0 Å². The number of carbonyl (C=O) groups is 1. The summed E-state index contributed by atoms with van der Waals surface area (Å²) < 4.78 is 5.44. The number of aliphatic hydroxyl groups is 1. The largest absolute Gasteiger partial charge is 0.455 e. The summed E-state index contributed by atoms with van der Waals surface area (Å²) in [7, 11) is 0. The van der Waals surface area contributed by atoms with Crippen LogP contribution < -0.4 is 5.32 Å². The van der Waals surface area contributed by atoms with Gasteiger partial charge in [-0.05, 0) is 43.6 Å². The molecule has 0 aromatic carbocycles. The maximum atomic E-state index is 11.8. The molecule has 1 fully saturated rings. The molecule has 0 spiro atoms. The summed E-state index contributed by atoms with van der Waals surface area (Å²) in [4.78, 5) is 11.8. The van der Waals surface area contributed by atoms with Gasteiger partial charge in [0.05, 0.1) is 11.9 Å². The lowest BCUT2D eigenvalue weighted by atomic mass is 10.1. The van der Waals surface area contributed by atoms with E-state index in [1.54, 1.807) is 17.8 Å². The number of aliphatic hydroxyl groups excluding tert-OH is 1. The van der Waals surface area contributed by atoms with Gasteiger partial charge < -0.3 is 14.8 Å². The van der Waals surface area contributed by atoms with Crippen molar-refractivity contribution >= 4 is 17.7 Å². The maximum absolute atomic E-state index is 11.8. The van der Waals surface area contributed by atoms with Gasteiger partial charge >= 0.3 is 0 Å². The molecule has 1 aromatic rings. The molecule has 5 heteroatoms. The zero-order valence-electron chi connectivity index (χ0n) is 10.5. The lowest BCUT2D eigenvalue weighted by Gasteiger charge is -2.09. The van der Waals surface area contributed by atoms with Crippen LogP contribution in [0, 0.1) is 5.92 Å². The highest BCUT2D eigenvalue weighted by Gasteiger charge is 2.23. The summed E-state index contributed by atoms with van der Waals surface area (Å²) in [5.41, 5.74) is 0. The summed E-state index contributed by atoms with van der Waals surface area (Å²) in [6.07, 6.45) is 4.42. The summed E-state index contributed by atoms with van der Waals surface area (Å²) in [5, 5.41) is 12.3. The van der Waals surface area contributed by atoms with Crippen LogP contribution in [0.3, 0.4) is 0 Å². The molecule has 0 saturated heterocycles. The van der Waals surface area contributed by atoms with Crippen molar-refractivity contribution in [1.29, 1.82) is 0 Å². The van der Waals surface area contributed by atoms with Crippen LogP contribution in [0.1, 0.15) is 35.6 Å². The van der Waals surface area contributed by atoms with Crippen LogP contribution in [0.25, 0.3) is 0 Å². The van der Waals surface area contributed by atoms with Gasteiger partial charge in [-0.3, -0.25) is 4.79 Å². The van der Waals surface area contributed by atoms with E-state index < -0.39 is 0 Å². The number of amides is 1. The molecule has 1 heterocycles. The Morgan fingerprint density at radius 3 is 3.06 bits per heavy atom. The first-order valence-corrected chi connectivity index (χ1v) is 7.62. The topological polar surface area (TPSA) is 62.5 Å². The smallest absolute Gasteiger partial charge is 0.287 e. The van der Waals surface area contributed by atoms with Gasteiger partial charge in [-0.25, -0.2) is 0 Å². The Morgan fingerprint density at radius 1 is 1.56 bits per heavy atom. The molecule has 1 saturated carbocycles. The maximum Gasteiger partial charge on any atom is 0.287 e. The number of furan rings is 1. The Kier molecular flexibility index (Phi) is 4.72. The Labute approximate surface area is 111 Å². The molecule has 1 aromatic heterocycles. The van der Waals surface area contributed by atoms with Gasteiger partial charge in [-0.1, -0.05) is 0 Å². The van der Waals surface area contributed by atoms with Crippen molar-refractivity contribution in [2.24, 2.45) is 5.92 Å². The van der Waals surface area contributed by atoms with Crippen LogP contribution >= 0.6 is 11.8 Å². The number of carbonyl (C=O) groups excluding carboxylic acids is 1. The van der Waals surface area contributed by atoms with Crippen molar-refractivity contribution in [3.05, 3.63) is 23.7 Å². The van der Waals surface area contributed by atoms with Crippen molar-refractivity contribution in [3.8, 4) is 0 Å². The molecule has 2 unspecified atom stereocenters. The molecule has 18 heavy (non-hydrogen) atoms. The molecule has 2 N–H and O–H groups in total. The van der Waals surface area contributed by atoms with Gasteiger partial charge in [0.2, 0.25) is 0 Å². The van der Waals surface area contributed by atoms with Gasteiger partial charge in [0, 0.05) is 6.54 Å². The summed E-state index contributed by atoms with van der Waals surface area (Å²) in [6.45, 7) is 0.619. The van der Waals surface area contributed by atoms with Crippen molar-refractivity contribution < 1.29 is 14.3 Å². The molecule has 1 aliphatic rings. The first-order chi connectivity index (χ1) is 8.69. The quantitative estimate of drug-likeness (QED) is 0.858. The summed E-state index contributed by atoms with van der Waals surface area (Å²) in [5.74, 6) is 2.21. The van der Waals surface area contributed by atoms with Crippen molar-refractivity contribution in [2.45, 2.75) is 31.1 Å². The zero-order chi connectivity index (χ0) is 13.0. The first-order valence-electron chi connectivity index (χ1n) is 6.23. The molecule has 0 bridgehead atoms. The summed E-state index contributed by atoms with van der Waals surface area (Å²) >= 11 is 1.66. The predicted molar refractivity (Wildman–Crippen MR) is 71.6 cm³/mol. The van der Waals surface area contributed by atoms with E-state index in [9.17, 15) is 9.90 Å². The minimum Gasteiger partial charge on any atom is -0.455 e. The molecule has 2 atom stereocenters. The average molecular weight is 269 g/mol. The minimum atomic E-state index is -0.191. The van der Waals surface area contributed by atoms with E-state index in [0.29, 0.717) is 18.2 Å². The normalized spacial score (nSPS) is 23.2. The molecular formula is C13H19NO3S. The van der Waals surface area contributed by atoms with Gasteiger partial charge in [0.25, 0.3) is 5.91 Å². The number of nitrogens with one attached hydrogen (secondary N) is 1. The van der Waals surface area contributed by atoms with E-state index in [4.69, 9.17) is 4.42 Å². The molecule has 1 aliphatic carbocycles. The second-order valence-corrected chi connectivity index (χ2v) is 5.61. The molecule has 4 nitrogen and oxygen atoms in total. The molecular weight excluding hydrogens is 250 g/mol. The van der Waals surface area contributed by atoms with Crippen LogP contribution in [-0.2, 0) is 5.75 Å². The van der Waals surface area contributed by atoms with Crippen LogP contribution in [-0.4, -0.2) is 29.9 Å². The molecule has 0 radical (unpaired) electrons. The number of hydrogen-bond donors (Lipinski definition) is 2. The Bertz CT molecular complexity index is 405. The van der Waals surface area contributed by atoms with Crippen LogP contribution in [0.4, 0.5) is 0 Å². The minimum absolute atomic E-state index is 0.163. The number of thioether (sulfide) groups is 1. The van der Waals surface area contributed by atoms with E-state index in [2.05, 4.69) is 5.32 Å². The standard InChI is InChI=1S/C13H19NO3S/c1-18-8-11-4-5-12(17-11)13(16)14-7-9-2-3-10(15)6-9/h4-5,9-10,15H,2-3,6-8H2,1H3,(H,14,16). The van der Waals surface area contributed by atoms with Crippen LogP contribution in [0.2, 0.25) is 0 Å². The lowest BCUT2D eigenvalue weighted by Crippen LogP contribution is -2.28. The number of rotatable bonds is 5. The first kappa shape index (κ1) is 13.5. The third kappa shape index (κ3) is 3.53. The number of hydrogen-bond acceptors (Lipinski definition) is 4. The fourth-order valence-corrected chi connectivity index (χ4v) is 2.72. The SMILES string of the molecule is CSCc1ccc(C(=O)NCC2CCC(O)C2)o1. The Hall–Kier alpha value is -0.940. The zero-order valence-corrected chi connectivity index (χ0v) is 11.3. The van der Waals surface area contributed by atoms with E-state index in [-0.39, 0.29) is 12.0 Å². The molecule has 0 aliphatic heterocycles. The van der Waals surface area contributed by atoms with Gasteiger partial charge in [0.15, 0.2) is 5.76 Å². The van der Waals surface area contributed by atoms with E-state index >= 15 is 0 Å². The highest BCUT2D eigenvalue weighted by atomic mass is 32.2. The Balaban J connectivity index is 1.80. The van der Waals surface area contributed by atoms with E-state index in [1.807, 2.05) is 12.3 Å². The monoisotopic (exact) mass is 269 g/mol. The third-order valence-corrected chi connectivity index (χ3v) is 3.81. The van der Waals surface area contributed by atoms with Crippen LogP contribution in [0.5, 0.6) is 0 Å². The van der Waals surface area contributed by atoms with Gasteiger partial charge in [-0.2, -0.15) is 11.8 Å². The third-order valence-electron chi connectivity index (χ3n) is 3.24. The highest BCUT2D eigenvalue weighted by Crippen LogP contribution is 2.24. The predicted octanol–water partition coefficient (Wildman–Crippen LogP) is 2.03. The van der Waals surface area contributed by atoms with Gasteiger partial charge in [-0.15, -0.1) is 0 Å². The molecule has 100 valence electrons. The fourth-order valence-electron chi connectivity index (χ4n) is 2.28. The summed E-state index contributed by atoms with van der Waals surface area (Å²) in [6, 6.07) is 3.55. The van der Waals surface area contributed by atoms with E-state index in [1.165, 1.54) is 0 Å². The van der Waals surface area contributed by atoms with Crippen LogP contribution in [0.15, 0.2) is 16.5 Å². The van der Waals surface area contributed by atoms with Crippen molar-refractivity contribution in [2.75, 3.05) is 12.8 Å². The highest BCUT2D eigenvalue weighted by molar-refractivity contribution is 7.97. The molecule has 2 rings (SSSR count). The fraction of sp³-hybridized carbons (Fsp3) is 0.615. The lowest BCUT2D eigenvalue weighted by molar-refractivity contribution is 0.0916. The Morgan fingerprint density at radius 2 is 2.39 bits per heavy atom. The van der Waals surface area contributed by atoms with E-state index in [0.717, 1.165) is 30.8 Å². The van der Waals surface area contributed by atoms with Gasteiger partial charge in [0.1, 0.15) is 5.76 Å². The molecule has 1 amide bonds. The van der Waals surface area contributed by atoms with Crippen molar-refractivity contribution in [1.82, 2.24) is 5.32 Å².